The van der Waals surface area contributed by atoms with E-state index in [0.29, 0.717) is 6.42 Å². The van der Waals surface area contributed by atoms with E-state index in [-0.39, 0.29) is 11.4 Å². The maximum atomic E-state index is 11.8. The molecular formula is C14H27N3O. The first-order valence-electron chi connectivity index (χ1n) is 7.46. The lowest BCUT2D eigenvalue weighted by Gasteiger charge is -2.37. The average Bonchev–Trinajstić information content (AvgIpc) is 2.55. The number of carbonyl (C=O) groups excluding carboxylic acids is 1. The number of hydrogen-bond donors (Lipinski definition) is 2. The molecule has 4 nitrogen and oxygen atoms in total. The summed E-state index contributed by atoms with van der Waals surface area (Å²) in [5, 5.41) is 3.01. The van der Waals surface area contributed by atoms with Crippen molar-refractivity contribution in [3.05, 3.63) is 0 Å². The van der Waals surface area contributed by atoms with Gasteiger partial charge in [-0.25, -0.2) is 0 Å². The Balaban J connectivity index is 1.57. The topological polar surface area (TPSA) is 58.4 Å². The molecule has 1 aliphatic heterocycles. The molecule has 1 heterocycles. The molecule has 0 aromatic rings. The molecule has 0 aromatic heterocycles. The number of likely N-dealkylation sites (tertiary alicyclic amines) is 1. The van der Waals surface area contributed by atoms with E-state index < -0.39 is 0 Å². The molecular weight excluding hydrogens is 226 g/mol. The lowest BCUT2D eigenvalue weighted by atomic mass is 9.75. The van der Waals surface area contributed by atoms with Crippen LogP contribution in [-0.2, 0) is 4.79 Å². The smallest absolute Gasteiger partial charge is 0.221 e. The highest BCUT2D eigenvalue weighted by molar-refractivity contribution is 5.77. The standard InChI is InChI=1S/C14H27N3O/c15-14(6-5-7-14)12-13(18)16-8-11-17-9-3-1-2-4-10-17/h1-12,15H2,(H,16,18). The number of amides is 1. The fourth-order valence-electron chi connectivity index (χ4n) is 2.90. The summed E-state index contributed by atoms with van der Waals surface area (Å²) in [4.78, 5) is 14.2. The number of nitrogens with one attached hydrogen (secondary N) is 1. The van der Waals surface area contributed by atoms with E-state index in [1.54, 1.807) is 0 Å². The molecule has 0 atom stereocenters. The van der Waals surface area contributed by atoms with Crippen LogP contribution in [0, 0.1) is 0 Å². The lowest BCUT2D eigenvalue weighted by molar-refractivity contribution is -0.123. The lowest BCUT2D eigenvalue weighted by Crippen LogP contribution is -2.50. The Hall–Kier alpha value is -0.610. The van der Waals surface area contributed by atoms with Crippen LogP contribution in [0.2, 0.25) is 0 Å². The van der Waals surface area contributed by atoms with Crippen LogP contribution in [-0.4, -0.2) is 42.5 Å². The molecule has 2 aliphatic rings. The zero-order chi connectivity index (χ0) is 12.8. The van der Waals surface area contributed by atoms with Crippen molar-refractivity contribution in [2.45, 2.75) is 56.9 Å². The van der Waals surface area contributed by atoms with Gasteiger partial charge < -0.3 is 16.0 Å². The van der Waals surface area contributed by atoms with Gasteiger partial charge in [0.15, 0.2) is 0 Å². The molecule has 18 heavy (non-hydrogen) atoms. The van der Waals surface area contributed by atoms with E-state index in [2.05, 4.69) is 10.2 Å². The van der Waals surface area contributed by atoms with Crippen molar-refractivity contribution in [2.75, 3.05) is 26.2 Å². The van der Waals surface area contributed by atoms with Gasteiger partial charge in [0.2, 0.25) is 5.91 Å². The molecule has 2 fully saturated rings. The summed E-state index contributed by atoms with van der Waals surface area (Å²) < 4.78 is 0. The summed E-state index contributed by atoms with van der Waals surface area (Å²) in [6.45, 7) is 4.14. The minimum absolute atomic E-state index is 0.132. The predicted octanol–water partition coefficient (Wildman–Crippen LogP) is 1.25. The number of rotatable bonds is 5. The van der Waals surface area contributed by atoms with Crippen LogP contribution in [0.4, 0.5) is 0 Å². The van der Waals surface area contributed by atoms with Crippen molar-refractivity contribution in [3.63, 3.8) is 0 Å². The van der Waals surface area contributed by atoms with Gasteiger partial charge in [-0.2, -0.15) is 0 Å². The molecule has 1 aliphatic carbocycles. The number of hydrogen-bond acceptors (Lipinski definition) is 3. The second-order valence-corrected chi connectivity index (χ2v) is 6.00. The first-order valence-corrected chi connectivity index (χ1v) is 7.46. The van der Waals surface area contributed by atoms with Gasteiger partial charge in [-0.1, -0.05) is 12.8 Å². The Morgan fingerprint density at radius 1 is 1.11 bits per heavy atom. The molecule has 1 amide bonds. The van der Waals surface area contributed by atoms with E-state index in [1.807, 2.05) is 0 Å². The zero-order valence-corrected chi connectivity index (χ0v) is 11.4. The van der Waals surface area contributed by atoms with Gasteiger partial charge in [0.05, 0.1) is 0 Å². The van der Waals surface area contributed by atoms with Crippen molar-refractivity contribution in [3.8, 4) is 0 Å². The third kappa shape index (κ3) is 4.25. The summed E-state index contributed by atoms with van der Waals surface area (Å²) in [6, 6.07) is 0. The second kappa shape index (κ2) is 6.53. The van der Waals surface area contributed by atoms with Crippen LogP contribution < -0.4 is 11.1 Å². The van der Waals surface area contributed by atoms with Crippen LogP contribution in [0.1, 0.15) is 51.4 Å². The van der Waals surface area contributed by atoms with Crippen LogP contribution >= 0.6 is 0 Å². The molecule has 0 radical (unpaired) electrons. The Labute approximate surface area is 110 Å². The highest BCUT2D eigenvalue weighted by atomic mass is 16.1. The van der Waals surface area contributed by atoms with Crippen LogP contribution in [0.15, 0.2) is 0 Å². The molecule has 2 rings (SSSR count). The average molecular weight is 253 g/mol. The van der Waals surface area contributed by atoms with Gasteiger partial charge in [0.1, 0.15) is 0 Å². The predicted molar refractivity (Wildman–Crippen MR) is 73.3 cm³/mol. The molecule has 0 bridgehead atoms. The molecule has 104 valence electrons. The third-order valence-electron chi connectivity index (χ3n) is 4.31. The minimum atomic E-state index is -0.188. The van der Waals surface area contributed by atoms with Crippen LogP contribution in [0.25, 0.3) is 0 Å². The normalized spacial score (nSPS) is 24.1. The summed E-state index contributed by atoms with van der Waals surface area (Å²) in [7, 11) is 0. The first kappa shape index (κ1) is 13.8. The van der Waals surface area contributed by atoms with E-state index in [0.717, 1.165) is 25.9 Å². The molecule has 0 spiro atoms. The monoisotopic (exact) mass is 253 g/mol. The third-order valence-corrected chi connectivity index (χ3v) is 4.31. The number of nitrogens with zero attached hydrogens (tertiary/aromatic N) is 1. The van der Waals surface area contributed by atoms with E-state index >= 15 is 0 Å². The van der Waals surface area contributed by atoms with Crippen molar-refractivity contribution < 1.29 is 4.79 Å². The first-order chi connectivity index (χ1) is 8.68. The van der Waals surface area contributed by atoms with E-state index in [4.69, 9.17) is 5.73 Å². The Kier molecular flexibility index (Phi) is 5.01. The maximum absolute atomic E-state index is 11.8. The minimum Gasteiger partial charge on any atom is -0.355 e. The summed E-state index contributed by atoms with van der Waals surface area (Å²) in [5.74, 6) is 0.132. The largest absolute Gasteiger partial charge is 0.355 e. The van der Waals surface area contributed by atoms with E-state index in [1.165, 1.54) is 45.2 Å². The van der Waals surface area contributed by atoms with Crippen molar-refractivity contribution >= 4 is 5.91 Å². The number of carbonyl (C=O) groups is 1. The van der Waals surface area contributed by atoms with Gasteiger partial charge in [0, 0.05) is 25.0 Å². The SMILES string of the molecule is NC1(CC(=O)NCCN2CCCCCC2)CCC1. The highest BCUT2D eigenvalue weighted by Gasteiger charge is 2.34. The highest BCUT2D eigenvalue weighted by Crippen LogP contribution is 2.31. The van der Waals surface area contributed by atoms with Crippen molar-refractivity contribution in [2.24, 2.45) is 5.73 Å². The van der Waals surface area contributed by atoms with Crippen LogP contribution in [0.5, 0.6) is 0 Å². The second-order valence-electron chi connectivity index (χ2n) is 6.00. The fourth-order valence-corrected chi connectivity index (χ4v) is 2.90. The molecule has 0 unspecified atom stereocenters. The van der Waals surface area contributed by atoms with Gasteiger partial charge in [0.25, 0.3) is 0 Å². The van der Waals surface area contributed by atoms with Crippen molar-refractivity contribution in [1.82, 2.24) is 10.2 Å². The van der Waals surface area contributed by atoms with Crippen molar-refractivity contribution in [1.29, 1.82) is 0 Å². The molecule has 3 N–H and O–H groups in total. The van der Waals surface area contributed by atoms with E-state index in [9.17, 15) is 4.79 Å². The number of nitrogens with two attached hydrogens (primary N) is 1. The zero-order valence-electron chi connectivity index (χ0n) is 11.4. The molecule has 1 saturated carbocycles. The van der Waals surface area contributed by atoms with Gasteiger partial charge in [-0.3, -0.25) is 4.79 Å². The summed E-state index contributed by atoms with van der Waals surface area (Å²) in [6.07, 6.45) is 9.03. The van der Waals surface area contributed by atoms with Crippen LogP contribution in [0.3, 0.4) is 0 Å². The summed E-state index contributed by atoms with van der Waals surface area (Å²) in [5.41, 5.74) is 5.88. The van der Waals surface area contributed by atoms with Gasteiger partial charge in [-0.15, -0.1) is 0 Å². The Morgan fingerprint density at radius 3 is 2.33 bits per heavy atom. The molecule has 0 aromatic carbocycles. The quantitative estimate of drug-likeness (QED) is 0.775. The van der Waals surface area contributed by atoms with Gasteiger partial charge in [-0.05, 0) is 45.2 Å². The maximum Gasteiger partial charge on any atom is 0.221 e. The Morgan fingerprint density at radius 2 is 1.78 bits per heavy atom. The fraction of sp³-hybridized carbons (Fsp3) is 0.929. The summed E-state index contributed by atoms with van der Waals surface area (Å²) >= 11 is 0. The molecule has 1 saturated heterocycles. The molecule has 4 heteroatoms. The Bertz CT molecular complexity index is 268. The van der Waals surface area contributed by atoms with Gasteiger partial charge >= 0.3 is 0 Å².